The summed E-state index contributed by atoms with van der Waals surface area (Å²) in [7, 11) is 0. The Morgan fingerprint density at radius 3 is 2.29 bits per heavy atom. The molecule has 192 valence electrons. The zero-order chi connectivity index (χ0) is 26.0. The van der Waals surface area contributed by atoms with Gasteiger partial charge in [0, 0.05) is 13.1 Å². The highest BCUT2D eigenvalue weighted by Gasteiger charge is 2.39. The fourth-order valence-electron chi connectivity index (χ4n) is 3.42. The third kappa shape index (κ3) is 8.82. The zero-order valence-electron chi connectivity index (χ0n) is 19.0. The van der Waals surface area contributed by atoms with Crippen LogP contribution in [-0.4, -0.2) is 94.0 Å². The summed E-state index contributed by atoms with van der Waals surface area (Å²) in [5, 5.41) is 23.5. The lowest BCUT2D eigenvalue weighted by molar-refractivity contribution is -0.146. The molecule has 5 atom stereocenters. The van der Waals surface area contributed by atoms with E-state index in [1.165, 1.54) is 11.8 Å². The Balaban J connectivity index is 3.00. The van der Waals surface area contributed by atoms with Crippen molar-refractivity contribution in [3.05, 3.63) is 0 Å². The number of nitrogens with two attached hydrogens (primary N) is 4. The topological polar surface area (TPSA) is 270 Å². The van der Waals surface area contributed by atoms with Gasteiger partial charge in [-0.05, 0) is 32.6 Å². The summed E-state index contributed by atoms with van der Waals surface area (Å²) in [6.45, 7) is 1.70. The first kappa shape index (κ1) is 28.6. The van der Waals surface area contributed by atoms with Gasteiger partial charge in [0.25, 0.3) is 0 Å². The Morgan fingerprint density at radius 2 is 1.76 bits per heavy atom. The molecule has 1 saturated heterocycles. The maximum atomic E-state index is 13.3. The molecular weight excluding hydrogens is 452 g/mol. The molecule has 0 aliphatic carbocycles. The molecule has 0 aromatic heterocycles. The highest BCUT2D eigenvalue weighted by molar-refractivity contribution is 5.95. The van der Waals surface area contributed by atoms with Crippen LogP contribution in [-0.2, 0) is 24.0 Å². The van der Waals surface area contributed by atoms with Crippen molar-refractivity contribution < 1.29 is 34.2 Å². The molecule has 1 rings (SSSR count). The first-order valence-electron chi connectivity index (χ1n) is 10.8. The molecule has 15 heteroatoms. The van der Waals surface area contributed by atoms with Gasteiger partial charge in [-0.3, -0.25) is 24.2 Å². The van der Waals surface area contributed by atoms with E-state index in [4.69, 9.17) is 22.9 Å². The monoisotopic (exact) mass is 486 g/mol. The minimum Gasteiger partial charge on any atom is -0.480 e. The third-order valence-electron chi connectivity index (χ3n) is 5.24. The van der Waals surface area contributed by atoms with Crippen LogP contribution in [0.25, 0.3) is 0 Å². The van der Waals surface area contributed by atoms with Crippen LogP contribution in [0.2, 0.25) is 0 Å². The molecule has 4 amide bonds. The van der Waals surface area contributed by atoms with Crippen molar-refractivity contribution in [1.29, 1.82) is 0 Å². The summed E-state index contributed by atoms with van der Waals surface area (Å²) in [6.07, 6.45) is -0.647. The van der Waals surface area contributed by atoms with Crippen molar-refractivity contribution >= 4 is 35.6 Å². The second kappa shape index (κ2) is 13.3. The van der Waals surface area contributed by atoms with Crippen molar-refractivity contribution in [3.63, 3.8) is 0 Å². The maximum Gasteiger partial charge on any atom is 0.326 e. The second-order valence-electron chi connectivity index (χ2n) is 8.04. The van der Waals surface area contributed by atoms with Crippen molar-refractivity contribution in [2.24, 2.45) is 27.9 Å². The summed E-state index contributed by atoms with van der Waals surface area (Å²) in [4.78, 5) is 65.9. The number of aliphatic hydroxyl groups is 1. The smallest absolute Gasteiger partial charge is 0.326 e. The Bertz CT molecular complexity index is 800. The molecule has 5 unspecified atom stereocenters. The van der Waals surface area contributed by atoms with Crippen LogP contribution in [0.4, 0.5) is 0 Å². The highest BCUT2D eigenvalue weighted by atomic mass is 16.4. The van der Waals surface area contributed by atoms with Crippen molar-refractivity contribution in [2.45, 2.75) is 69.3 Å². The van der Waals surface area contributed by atoms with Crippen LogP contribution in [0.15, 0.2) is 4.99 Å². The summed E-state index contributed by atoms with van der Waals surface area (Å²) >= 11 is 0. The molecule has 34 heavy (non-hydrogen) atoms. The summed E-state index contributed by atoms with van der Waals surface area (Å²) in [5.41, 5.74) is 21.3. The van der Waals surface area contributed by atoms with Crippen LogP contribution in [0.1, 0.15) is 39.0 Å². The lowest BCUT2D eigenvalue weighted by atomic mass is 10.1. The van der Waals surface area contributed by atoms with E-state index in [0.717, 1.165) is 0 Å². The van der Waals surface area contributed by atoms with Crippen molar-refractivity contribution in [3.8, 4) is 0 Å². The molecule has 0 aromatic carbocycles. The number of nitrogens with one attached hydrogen (secondary N) is 2. The summed E-state index contributed by atoms with van der Waals surface area (Å²) in [6, 6.07) is -4.93. The van der Waals surface area contributed by atoms with E-state index in [-0.39, 0.29) is 31.9 Å². The number of carbonyl (C=O) groups is 5. The van der Waals surface area contributed by atoms with Crippen molar-refractivity contribution in [1.82, 2.24) is 15.5 Å². The van der Waals surface area contributed by atoms with E-state index in [1.54, 1.807) is 0 Å². The number of likely N-dealkylation sites (tertiary alicyclic amines) is 1. The molecule has 0 bridgehead atoms. The number of aliphatic hydroxyl groups excluding tert-OH is 1. The van der Waals surface area contributed by atoms with E-state index < -0.39 is 66.3 Å². The molecule has 1 heterocycles. The molecular formula is C19H34N8O7. The lowest BCUT2D eigenvalue weighted by Gasteiger charge is -2.30. The number of aliphatic imine (C=N–C) groups is 1. The van der Waals surface area contributed by atoms with Gasteiger partial charge >= 0.3 is 5.97 Å². The highest BCUT2D eigenvalue weighted by Crippen LogP contribution is 2.20. The molecule has 0 aromatic rings. The van der Waals surface area contributed by atoms with Gasteiger partial charge in [0.1, 0.15) is 24.2 Å². The average molecular weight is 487 g/mol. The number of guanidine groups is 1. The van der Waals surface area contributed by atoms with E-state index in [0.29, 0.717) is 12.8 Å². The molecule has 1 fully saturated rings. The molecule has 0 saturated carbocycles. The molecule has 1 aliphatic rings. The SMILES string of the molecule is CC(O)C(N)C(=O)NC(CCCN=C(N)N)C(=O)N1CCCC1C(=O)NC(CC(N)=O)C(=O)O. The summed E-state index contributed by atoms with van der Waals surface area (Å²) in [5.74, 6) is -4.60. The average Bonchev–Trinajstić information content (AvgIpc) is 3.23. The van der Waals surface area contributed by atoms with Crippen LogP contribution < -0.4 is 33.6 Å². The van der Waals surface area contributed by atoms with Gasteiger partial charge in [-0.1, -0.05) is 0 Å². The van der Waals surface area contributed by atoms with Gasteiger partial charge in [-0.2, -0.15) is 0 Å². The number of primary amides is 1. The van der Waals surface area contributed by atoms with Gasteiger partial charge in [-0.25, -0.2) is 4.79 Å². The van der Waals surface area contributed by atoms with Gasteiger partial charge in [-0.15, -0.1) is 0 Å². The number of carboxylic acid groups (broad SMARTS) is 1. The van der Waals surface area contributed by atoms with Crippen LogP contribution >= 0.6 is 0 Å². The molecule has 0 spiro atoms. The van der Waals surface area contributed by atoms with Crippen LogP contribution in [0, 0.1) is 0 Å². The number of carboxylic acids is 1. The van der Waals surface area contributed by atoms with Crippen LogP contribution in [0.3, 0.4) is 0 Å². The number of nitrogens with zero attached hydrogens (tertiary/aromatic N) is 2. The van der Waals surface area contributed by atoms with E-state index >= 15 is 0 Å². The standard InChI is InChI=1S/C19H34N8O7/c1-9(28)14(21)16(31)25-10(4-2-6-24-19(22)23)17(32)27-7-3-5-12(27)15(30)26-11(18(33)34)8-13(20)29/h9-12,14,28H,2-8,21H2,1H3,(H2,20,29)(H,25,31)(H,26,30)(H,33,34)(H4,22,23,24). The minimum atomic E-state index is -1.54. The fraction of sp³-hybridized carbons (Fsp3) is 0.684. The molecule has 12 N–H and O–H groups in total. The number of hydrogen-bond donors (Lipinski definition) is 8. The Hall–Kier alpha value is -3.46. The van der Waals surface area contributed by atoms with E-state index in [2.05, 4.69) is 15.6 Å². The largest absolute Gasteiger partial charge is 0.480 e. The third-order valence-corrected chi connectivity index (χ3v) is 5.24. The number of carbonyl (C=O) groups excluding carboxylic acids is 4. The van der Waals surface area contributed by atoms with Gasteiger partial charge in [0.15, 0.2) is 5.96 Å². The quantitative estimate of drug-likeness (QED) is 0.0704. The van der Waals surface area contributed by atoms with Crippen LogP contribution in [0.5, 0.6) is 0 Å². The molecule has 1 aliphatic heterocycles. The number of aliphatic carboxylic acids is 1. The molecule has 15 nitrogen and oxygen atoms in total. The first-order chi connectivity index (χ1) is 15.8. The number of amides is 4. The summed E-state index contributed by atoms with van der Waals surface area (Å²) < 4.78 is 0. The fourth-order valence-corrected chi connectivity index (χ4v) is 3.42. The first-order valence-corrected chi connectivity index (χ1v) is 10.8. The molecule has 0 radical (unpaired) electrons. The zero-order valence-corrected chi connectivity index (χ0v) is 19.0. The van der Waals surface area contributed by atoms with Gasteiger partial charge < -0.3 is 48.7 Å². The van der Waals surface area contributed by atoms with Gasteiger partial charge in [0.2, 0.25) is 23.6 Å². The van der Waals surface area contributed by atoms with E-state index in [1.807, 2.05) is 0 Å². The Morgan fingerprint density at radius 1 is 1.12 bits per heavy atom. The Kier molecular flexibility index (Phi) is 11.2. The maximum absolute atomic E-state index is 13.3. The second-order valence-corrected chi connectivity index (χ2v) is 8.04. The van der Waals surface area contributed by atoms with Crippen molar-refractivity contribution in [2.75, 3.05) is 13.1 Å². The Labute approximate surface area is 196 Å². The predicted octanol–water partition coefficient (Wildman–Crippen LogP) is -4.33. The number of rotatable bonds is 13. The van der Waals surface area contributed by atoms with Gasteiger partial charge in [0.05, 0.1) is 12.5 Å². The number of hydrogen-bond acceptors (Lipinski definition) is 8. The minimum absolute atomic E-state index is 0.109. The normalized spacial score (nSPS) is 18.8. The predicted molar refractivity (Wildman–Crippen MR) is 120 cm³/mol. The lowest BCUT2D eigenvalue weighted by Crippen LogP contribution is -2.58. The van der Waals surface area contributed by atoms with E-state index in [9.17, 15) is 34.2 Å².